The maximum atomic E-state index is 12.1. The molecule has 1 heterocycles. The first-order chi connectivity index (χ1) is 8.72. The number of rotatable bonds is 6. The van der Waals surface area contributed by atoms with Crippen molar-refractivity contribution in [3.63, 3.8) is 0 Å². The summed E-state index contributed by atoms with van der Waals surface area (Å²) in [5.74, 6) is -1.39. The lowest BCUT2D eigenvalue weighted by molar-refractivity contribution is -0.142. The number of carboxylic acid groups (broad SMARTS) is 1. The van der Waals surface area contributed by atoms with Crippen LogP contribution >= 0.6 is 0 Å². The second kappa shape index (κ2) is 6.78. The molecule has 0 aromatic carbocycles. The Morgan fingerprint density at radius 2 is 2.21 bits per heavy atom. The summed E-state index contributed by atoms with van der Waals surface area (Å²) in [5, 5.41) is 8.94. The van der Waals surface area contributed by atoms with Crippen molar-refractivity contribution in [3.8, 4) is 0 Å². The minimum atomic E-state index is -3.71. The molecule has 0 aromatic rings. The Balaban J connectivity index is 2.66. The summed E-state index contributed by atoms with van der Waals surface area (Å²) in [4.78, 5) is 10.9. The van der Waals surface area contributed by atoms with E-state index in [1.54, 1.807) is 6.92 Å². The summed E-state index contributed by atoms with van der Waals surface area (Å²) < 4.78 is 38.8. The molecular formula is C10H20N2O5S2. The van der Waals surface area contributed by atoms with E-state index in [0.717, 1.165) is 4.31 Å². The van der Waals surface area contributed by atoms with E-state index in [1.165, 1.54) is 6.26 Å². The molecule has 2 N–H and O–H groups in total. The predicted molar refractivity (Wildman–Crippen MR) is 72.4 cm³/mol. The molecule has 1 fully saturated rings. The minimum absolute atomic E-state index is 0.00734. The summed E-state index contributed by atoms with van der Waals surface area (Å²) in [5.41, 5.74) is 0. The number of nitrogens with zero attached hydrogens (tertiary/aromatic N) is 1. The van der Waals surface area contributed by atoms with Crippen molar-refractivity contribution in [2.75, 3.05) is 25.1 Å². The first kappa shape index (κ1) is 16.5. The highest BCUT2D eigenvalue weighted by Gasteiger charge is 2.32. The molecule has 0 spiro atoms. The number of carboxylic acids is 1. The van der Waals surface area contributed by atoms with Gasteiger partial charge in [0, 0.05) is 41.9 Å². The topological polar surface area (TPSA) is 104 Å². The van der Waals surface area contributed by atoms with Gasteiger partial charge in [-0.25, -0.2) is 0 Å². The van der Waals surface area contributed by atoms with Gasteiger partial charge in [0.15, 0.2) is 0 Å². The van der Waals surface area contributed by atoms with E-state index in [9.17, 15) is 17.4 Å². The van der Waals surface area contributed by atoms with Gasteiger partial charge in [0.1, 0.15) is 0 Å². The molecule has 19 heavy (non-hydrogen) atoms. The van der Waals surface area contributed by atoms with Crippen molar-refractivity contribution in [1.29, 1.82) is 0 Å². The van der Waals surface area contributed by atoms with Crippen LogP contribution in [0, 0.1) is 5.92 Å². The first-order valence-electron chi connectivity index (χ1n) is 6.02. The van der Waals surface area contributed by atoms with E-state index in [4.69, 9.17) is 5.11 Å². The highest BCUT2D eigenvalue weighted by molar-refractivity contribution is 7.87. The smallest absolute Gasteiger partial charge is 0.307 e. The quantitative estimate of drug-likeness (QED) is 0.680. The third-order valence-electron chi connectivity index (χ3n) is 2.91. The Bertz CT molecular complexity index is 451. The summed E-state index contributed by atoms with van der Waals surface area (Å²) in [6.07, 6.45) is 2.54. The van der Waals surface area contributed by atoms with Crippen LogP contribution in [0.4, 0.5) is 0 Å². The number of hydrogen-bond donors (Lipinski definition) is 2. The molecule has 0 radical (unpaired) electrons. The number of hydrogen-bond acceptors (Lipinski definition) is 4. The van der Waals surface area contributed by atoms with Crippen LogP contribution in [0.25, 0.3) is 0 Å². The van der Waals surface area contributed by atoms with Gasteiger partial charge in [-0.3, -0.25) is 9.00 Å². The minimum Gasteiger partial charge on any atom is -0.481 e. The van der Waals surface area contributed by atoms with Crippen LogP contribution in [0.3, 0.4) is 0 Å². The first-order valence-corrected chi connectivity index (χ1v) is 9.19. The molecule has 3 atom stereocenters. The van der Waals surface area contributed by atoms with E-state index < -0.39 is 38.9 Å². The molecule has 7 nitrogen and oxygen atoms in total. The maximum absolute atomic E-state index is 12.1. The zero-order valence-corrected chi connectivity index (χ0v) is 12.7. The fourth-order valence-electron chi connectivity index (χ4n) is 2.08. The molecule has 0 saturated carbocycles. The van der Waals surface area contributed by atoms with Gasteiger partial charge in [-0.1, -0.05) is 0 Å². The number of piperidine rings is 1. The Morgan fingerprint density at radius 1 is 1.58 bits per heavy atom. The molecule has 0 aromatic heterocycles. The van der Waals surface area contributed by atoms with E-state index in [2.05, 4.69) is 4.72 Å². The van der Waals surface area contributed by atoms with Crippen molar-refractivity contribution in [3.05, 3.63) is 0 Å². The second-order valence-corrected chi connectivity index (χ2v) is 7.98. The standard InChI is InChI=1S/C10H20N2O5S2/c1-8(7-18(2)15)11-19(16,17)12-5-3-4-9(6-12)10(13)14/h8-9,11H,3-7H2,1-2H3,(H,13,14). The van der Waals surface area contributed by atoms with Crippen LogP contribution in [0.15, 0.2) is 0 Å². The van der Waals surface area contributed by atoms with Gasteiger partial charge in [-0.05, 0) is 19.8 Å². The lowest BCUT2D eigenvalue weighted by atomic mass is 10.0. The third kappa shape index (κ3) is 5.17. The summed E-state index contributed by atoms with van der Waals surface area (Å²) in [7, 11) is -4.80. The van der Waals surface area contributed by atoms with E-state index in [1.807, 2.05) is 0 Å². The lowest BCUT2D eigenvalue weighted by Gasteiger charge is -2.30. The average Bonchev–Trinajstić information content (AvgIpc) is 2.27. The van der Waals surface area contributed by atoms with Gasteiger partial charge in [0.05, 0.1) is 5.92 Å². The van der Waals surface area contributed by atoms with Gasteiger partial charge in [-0.15, -0.1) is 0 Å². The molecular weight excluding hydrogens is 292 g/mol. The van der Waals surface area contributed by atoms with Gasteiger partial charge < -0.3 is 5.11 Å². The Morgan fingerprint density at radius 3 is 2.74 bits per heavy atom. The van der Waals surface area contributed by atoms with Crippen LogP contribution < -0.4 is 4.72 Å². The zero-order valence-electron chi connectivity index (χ0n) is 11.0. The van der Waals surface area contributed by atoms with Crippen molar-refractivity contribution in [2.24, 2.45) is 5.92 Å². The summed E-state index contributed by atoms with van der Waals surface area (Å²) in [6, 6.07) is -0.443. The predicted octanol–water partition coefficient (Wildman–Crippen LogP) is -0.616. The van der Waals surface area contributed by atoms with Crippen LogP contribution in [-0.4, -0.2) is 59.1 Å². The molecule has 3 unspecified atom stereocenters. The number of nitrogens with one attached hydrogen (secondary N) is 1. The van der Waals surface area contributed by atoms with Crippen molar-refractivity contribution in [1.82, 2.24) is 9.03 Å². The van der Waals surface area contributed by atoms with Gasteiger partial charge in [-0.2, -0.15) is 17.4 Å². The highest BCUT2D eigenvalue weighted by atomic mass is 32.2. The summed E-state index contributed by atoms with van der Waals surface area (Å²) in [6.45, 7) is 1.95. The normalized spacial score (nSPS) is 24.8. The van der Waals surface area contributed by atoms with E-state index in [0.29, 0.717) is 19.4 Å². The maximum Gasteiger partial charge on any atom is 0.307 e. The number of aliphatic carboxylic acids is 1. The Labute approximate surface area is 116 Å². The van der Waals surface area contributed by atoms with Gasteiger partial charge in [0.25, 0.3) is 10.2 Å². The molecule has 1 aliphatic rings. The fraction of sp³-hybridized carbons (Fsp3) is 0.900. The second-order valence-electron chi connectivity index (χ2n) is 4.80. The van der Waals surface area contributed by atoms with E-state index in [-0.39, 0.29) is 12.3 Å². The van der Waals surface area contributed by atoms with Crippen LogP contribution in [0.1, 0.15) is 19.8 Å². The number of carbonyl (C=O) groups is 1. The molecule has 1 rings (SSSR count). The fourth-order valence-corrected chi connectivity index (χ4v) is 4.46. The molecule has 112 valence electrons. The van der Waals surface area contributed by atoms with Crippen molar-refractivity contribution < 1.29 is 22.5 Å². The van der Waals surface area contributed by atoms with Crippen LogP contribution in [-0.2, 0) is 25.8 Å². The van der Waals surface area contributed by atoms with E-state index >= 15 is 0 Å². The molecule has 0 aliphatic carbocycles. The molecule has 0 amide bonds. The lowest BCUT2D eigenvalue weighted by Crippen LogP contribution is -2.50. The summed E-state index contributed by atoms with van der Waals surface area (Å²) >= 11 is 0. The SMILES string of the molecule is CC(CS(C)=O)NS(=O)(=O)N1CCCC(C(=O)O)C1. The van der Waals surface area contributed by atoms with Crippen molar-refractivity contribution in [2.45, 2.75) is 25.8 Å². The van der Waals surface area contributed by atoms with Gasteiger partial charge >= 0.3 is 5.97 Å². The van der Waals surface area contributed by atoms with Crippen LogP contribution in [0.5, 0.6) is 0 Å². The highest BCUT2D eigenvalue weighted by Crippen LogP contribution is 2.18. The molecule has 1 aliphatic heterocycles. The molecule has 0 bridgehead atoms. The van der Waals surface area contributed by atoms with Crippen LogP contribution in [0.2, 0.25) is 0 Å². The van der Waals surface area contributed by atoms with Crippen molar-refractivity contribution >= 4 is 27.0 Å². The molecule has 1 saturated heterocycles. The van der Waals surface area contributed by atoms with Gasteiger partial charge in [0.2, 0.25) is 0 Å². The average molecular weight is 312 g/mol. The largest absolute Gasteiger partial charge is 0.481 e. The monoisotopic (exact) mass is 312 g/mol. The third-order valence-corrected chi connectivity index (χ3v) is 5.59. The molecule has 9 heteroatoms. The Kier molecular flexibility index (Phi) is 5.90. The Hall–Kier alpha value is -0.510. The zero-order chi connectivity index (χ0) is 14.6.